The SMILES string of the molecule is CC(=NNC(=O)Cn1cnc2c1c(=O)n(C)c(=O)n2C)c1cccs1. The van der Waals surface area contributed by atoms with Crippen molar-refractivity contribution in [1.29, 1.82) is 0 Å². The highest BCUT2D eigenvalue weighted by atomic mass is 32.1. The first-order chi connectivity index (χ1) is 11.9. The van der Waals surface area contributed by atoms with Crippen LogP contribution in [0.3, 0.4) is 0 Å². The minimum absolute atomic E-state index is 0.134. The van der Waals surface area contributed by atoms with Gasteiger partial charge in [-0.1, -0.05) is 6.07 Å². The second-order valence-electron chi connectivity index (χ2n) is 5.46. The Balaban J connectivity index is 1.86. The number of aryl methyl sites for hydroxylation is 1. The monoisotopic (exact) mass is 360 g/mol. The third-order valence-electron chi connectivity index (χ3n) is 3.76. The molecule has 10 heteroatoms. The summed E-state index contributed by atoms with van der Waals surface area (Å²) >= 11 is 1.52. The van der Waals surface area contributed by atoms with E-state index in [0.29, 0.717) is 5.71 Å². The van der Waals surface area contributed by atoms with Gasteiger partial charge in [-0.15, -0.1) is 11.3 Å². The molecule has 0 aliphatic heterocycles. The molecule has 0 atom stereocenters. The number of aromatic nitrogens is 4. The predicted molar refractivity (Wildman–Crippen MR) is 94.9 cm³/mol. The Kier molecular flexibility index (Phi) is 4.36. The molecule has 25 heavy (non-hydrogen) atoms. The average Bonchev–Trinajstić information content (AvgIpc) is 3.26. The van der Waals surface area contributed by atoms with E-state index < -0.39 is 17.2 Å². The summed E-state index contributed by atoms with van der Waals surface area (Å²) in [5.41, 5.74) is 2.62. The van der Waals surface area contributed by atoms with Crippen LogP contribution in [0.4, 0.5) is 0 Å². The molecule has 1 amide bonds. The predicted octanol–water partition coefficient (Wildman–Crippen LogP) is 0.0356. The molecule has 0 unspecified atom stereocenters. The molecule has 0 spiro atoms. The lowest BCUT2D eigenvalue weighted by molar-refractivity contribution is -0.121. The minimum Gasteiger partial charge on any atom is -0.315 e. The van der Waals surface area contributed by atoms with Gasteiger partial charge in [-0.3, -0.25) is 18.7 Å². The molecule has 0 saturated heterocycles. The van der Waals surface area contributed by atoms with Gasteiger partial charge in [-0.25, -0.2) is 15.2 Å². The highest BCUT2D eigenvalue weighted by Gasteiger charge is 2.15. The van der Waals surface area contributed by atoms with Crippen LogP contribution in [0, 0.1) is 0 Å². The highest BCUT2D eigenvalue weighted by molar-refractivity contribution is 7.12. The van der Waals surface area contributed by atoms with Crippen molar-refractivity contribution in [2.24, 2.45) is 19.2 Å². The van der Waals surface area contributed by atoms with Gasteiger partial charge < -0.3 is 4.57 Å². The lowest BCUT2D eigenvalue weighted by atomic mass is 10.3. The molecule has 9 nitrogen and oxygen atoms in total. The molecule has 0 radical (unpaired) electrons. The fourth-order valence-electron chi connectivity index (χ4n) is 2.39. The van der Waals surface area contributed by atoms with Crippen molar-refractivity contribution in [1.82, 2.24) is 24.1 Å². The largest absolute Gasteiger partial charge is 0.332 e. The van der Waals surface area contributed by atoms with Crippen LogP contribution in [0.1, 0.15) is 11.8 Å². The Morgan fingerprint density at radius 1 is 1.32 bits per heavy atom. The molecular weight excluding hydrogens is 344 g/mol. The molecule has 3 aromatic rings. The van der Waals surface area contributed by atoms with Crippen LogP contribution in [0.5, 0.6) is 0 Å². The normalized spacial score (nSPS) is 11.9. The summed E-state index contributed by atoms with van der Waals surface area (Å²) in [6, 6.07) is 3.81. The molecule has 130 valence electrons. The van der Waals surface area contributed by atoms with E-state index in [1.165, 1.54) is 40.9 Å². The molecule has 3 aromatic heterocycles. The molecule has 3 heterocycles. The standard InChI is InChI=1S/C15H16N6O3S/c1-9(10-5-4-6-25-10)17-18-11(22)7-21-8-16-13-12(21)14(23)20(3)15(24)19(13)2/h4-6,8H,7H2,1-3H3,(H,18,22). The second kappa shape index (κ2) is 6.48. The number of carbonyl (C=O) groups is 1. The van der Waals surface area contributed by atoms with Crippen molar-refractivity contribution < 1.29 is 4.79 Å². The molecule has 0 aromatic carbocycles. The van der Waals surface area contributed by atoms with Crippen molar-refractivity contribution in [2.75, 3.05) is 0 Å². The summed E-state index contributed by atoms with van der Waals surface area (Å²) in [5, 5.41) is 5.98. The Bertz CT molecular complexity index is 1090. The van der Waals surface area contributed by atoms with Gasteiger partial charge in [0.2, 0.25) is 0 Å². The van der Waals surface area contributed by atoms with Gasteiger partial charge in [-0.05, 0) is 18.4 Å². The van der Waals surface area contributed by atoms with Gasteiger partial charge in [0.05, 0.1) is 12.0 Å². The number of hydrogen-bond acceptors (Lipinski definition) is 6. The number of carbonyl (C=O) groups excluding carboxylic acids is 1. The van der Waals surface area contributed by atoms with Crippen LogP contribution in [-0.2, 0) is 25.4 Å². The lowest BCUT2D eigenvalue weighted by Gasteiger charge is -2.06. The zero-order valence-electron chi connectivity index (χ0n) is 13.9. The van der Waals surface area contributed by atoms with Crippen LogP contribution in [-0.4, -0.2) is 30.3 Å². The van der Waals surface area contributed by atoms with Crippen LogP contribution in [0.25, 0.3) is 11.2 Å². The average molecular weight is 360 g/mol. The Morgan fingerprint density at radius 2 is 2.08 bits per heavy atom. The number of fused-ring (bicyclic) bond motifs is 1. The quantitative estimate of drug-likeness (QED) is 0.524. The number of nitrogens with zero attached hydrogens (tertiary/aromatic N) is 5. The van der Waals surface area contributed by atoms with E-state index in [0.717, 1.165) is 9.44 Å². The number of thiophene rings is 1. The van der Waals surface area contributed by atoms with E-state index in [-0.39, 0.29) is 17.7 Å². The van der Waals surface area contributed by atoms with Gasteiger partial charge in [0.25, 0.3) is 11.5 Å². The smallest absolute Gasteiger partial charge is 0.315 e. The van der Waals surface area contributed by atoms with Gasteiger partial charge in [0.15, 0.2) is 11.2 Å². The first-order valence-electron chi connectivity index (χ1n) is 7.38. The number of hydrazone groups is 1. The number of hydrogen-bond donors (Lipinski definition) is 1. The van der Waals surface area contributed by atoms with Crippen molar-refractivity contribution in [2.45, 2.75) is 13.5 Å². The fraction of sp³-hybridized carbons (Fsp3) is 0.267. The van der Waals surface area contributed by atoms with Crippen molar-refractivity contribution in [3.8, 4) is 0 Å². The summed E-state index contributed by atoms with van der Waals surface area (Å²) < 4.78 is 3.66. The van der Waals surface area contributed by atoms with E-state index >= 15 is 0 Å². The van der Waals surface area contributed by atoms with E-state index in [1.807, 2.05) is 17.5 Å². The number of imidazole rings is 1. The van der Waals surface area contributed by atoms with Gasteiger partial charge in [0.1, 0.15) is 6.54 Å². The third-order valence-corrected chi connectivity index (χ3v) is 4.74. The minimum atomic E-state index is -0.498. The number of amides is 1. The fourth-order valence-corrected chi connectivity index (χ4v) is 3.07. The Labute approximate surface area is 145 Å². The van der Waals surface area contributed by atoms with Gasteiger partial charge in [0, 0.05) is 19.0 Å². The number of rotatable bonds is 4. The molecular formula is C15H16N6O3S. The van der Waals surface area contributed by atoms with E-state index in [2.05, 4.69) is 15.5 Å². The first kappa shape index (κ1) is 16.8. The summed E-state index contributed by atoms with van der Waals surface area (Å²) in [7, 11) is 2.91. The van der Waals surface area contributed by atoms with E-state index in [9.17, 15) is 14.4 Å². The second-order valence-corrected chi connectivity index (χ2v) is 6.41. The van der Waals surface area contributed by atoms with Crippen molar-refractivity contribution >= 4 is 34.1 Å². The maximum absolute atomic E-state index is 12.3. The molecule has 3 rings (SSSR count). The zero-order chi connectivity index (χ0) is 18.1. The molecule has 0 aliphatic carbocycles. The summed E-state index contributed by atoms with van der Waals surface area (Å²) in [5.74, 6) is -0.397. The molecule has 0 saturated carbocycles. The molecule has 0 fully saturated rings. The summed E-state index contributed by atoms with van der Waals surface area (Å²) in [4.78, 5) is 41.4. The van der Waals surface area contributed by atoms with Crippen LogP contribution in [0.15, 0.2) is 38.5 Å². The molecule has 1 N–H and O–H groups in total. The first-order valence-corrected chi connectivity index (χ1v) is 8.26. The third kappa shape index (κ3) is 3.03. The van der Waals surface area contributed by atoms with Crippen LogP contribution in [0.2, 0.25) is 0 Å². The van der Waals surface area contributed by atoms with E-state index in [1.54, 1.807) is 6.92 Å². The Morgan fingerprint density at radius 3 is 2.76 bits per heavy atom. The van der Waals surface area contributed by atoms with Gasteiger partial charge >= 0.3 is 5.69 Å². The highest BCUT2D eigenvalue weighted by Crippen LogP contribution is 2.09. The van der Waals surface area contributed by atoms with E-state index in [4.69, 9.17) is 0 Å². The van der Waals surface area contributed by atoms with Crippen LogP contribution >= 0.6 is 11.3 Å². The zero-order valence-corrected chi connectivity index (χ0v) is 14.7. The summed E-state index contributed by atoms with van der Waals surface area (Å²) in [6.07, 6.45) is 1.36. The maximum Gasteiger partial charge on any atom is 0.332 e. The van der Waals surface area contributed by atoms with Crippen molar-refractivity contribution in [3.05, 3.63) is 49.6 Å². The topological polar surface area (TPSA) is 103 Å². The van der Waals surface area contributed by atoms with Crippen LogP contribution < -0.4 is 16.7 Å². The van der Waals surface area contributed by atoms with Crippen molar-refractivity contribution in [3.63, 3.8) is 0 Å². The molecule has 0 aliphatic rings. The summed E-state index contributed by atoms with van der Waals surface area (Å²) in [6.45, 7) is 1.66. The molecule has 0 bridgehead atoms. The lowest BCUT2D eigenvalue weighted by Crippen LogP contribution is -2.38. The van der Waals surface area contributed by atoms with Gasteiger partial charge in [-0.2, -0.15) is 5.10 Å². The Hall–Kier alpha value is -3.01. The number of nitrogens with one attached hydrogen (secondary N) is 1. The maximum atomic E-state index is 12.3.